The fourth-order valence-electron chi connectivity index (χ4n) is 3.91. The molecule has 9 nitrogen and oxygen atoms in total. The highest BCUT2D eigenvalue weighted by atomic mass is 16.5. The van der Waals surface area contributed by atoms with Crippen LogP contribution in [-0.2, 0) is 4.79 Å². The first-order chi connectivity index (χ1) is 15.7. The molecule has 0 saturated carbocycles. The number of carbonyl (C=O) groups is 1. The van der Waals surface area contributed by atoms with Crippen molar-refractivity contribution in [3.63, 3.8) is 0 Å². The van der Waals surface area contributed by atoms with E-state index in [1.807, 2.05) is 60.4 Å². The van der Waals surface area contributed by atoms with E-state index >= 15 is 0 Å². The maximum Gasteiger partial charge on any atom is 0.263 e. The highest BCUT2D eigenvalue weighted by Crippen LogP contribution is 2.26. The molecule has 3 heterocycles. The normalized spacial score (nSPS) is 15.0. The van der Waals surface area contributed by atoms with Gasteiger partial charge in [0.2, 0.25) is 0 Å². The van der Waals surface area contributed by atoms with Crippen LogP contribution < -0.4 is 9.64 Å². The number of hydrogen-bond donors (Lipinski definition) is 0. The van der Waals surface area contributed by atoms with Gasteiger partial charge in [-0.05, 0) is 18.4 Å². The van der Waals surface area contributed by atoms with Gasteiger partial charge in [0, 0.05) is 37.6 Å². The summed E-state index contributed by atoms with van der Waals surface area (Å²) in [5, 5.41) is 6.21. The van der Waals surface area contributed by atoms with Crippen molar-refractivity contribution in [1.82, 2.24) is 29.6 Å². The minimum atomic E-state index is -0.565. The predicted octanol–water partition coefficient (Wildman–Crippen LogP) is 2.33. The second kappa shape index (κ2) is 8.62. The number of hydrogen-bond acceptors (Lipinski definition) is 7. The molecular weight excluding hydrogens is 406 g/mol. The lowest BCUT2D eigenvalue weighted by molar-refractivity contribution is -0.138. The molecule has 9 heteroatoms. The molecule has 1 unspecified atom stereocenters. The van der Waals surface area contributed by atoms with Crippen LogP contribution in [0.4, 0.5) is 5.82 Å². The van der Waals surface area contributed by atoms with E-state index < -0.39 is 6.10 Å². The topological polar surface area (TPSA) is 89.3 Å². The fourth-order valence-corrected chi connectivity index (χ4v) is 3.91. The monoisotopic (exact) mass is 429 g/mol. The number of benzene rings is 2. The van der Waals surface area contributed by atoms with Gasteiger partial charge < -0.3 is 14.5 Å². The molecule has 0 bridgehead atoms. The Kier molecular flexibility index (Phi) is 5.37. The van der Waals surface area contributed by atoms with E-state index in [-0.39, 0.29) is 5.91 Å². The summed E-state index contributed by atoms with van der Waals surface area (Å²) in [5.41, 5.74) is 0. The first-order valence-corrected chi connectivity index (χ1v) is 10.5. The van der Waals surface area contributed by atoms with Crippen LogP contribution in [0.1, 0.15) is 6.92 Å². The maximum atomic E-state index is 13.0. The molecule has 0 N–H and O–H groups in total. The smallest absolute Gasteiger partial charge is 0.263 e. The number of carbonyl (C=O) groups excluding carboxylic acids is 1. The lowest BCUT2D eigenvalue weighted by Gasteiger charge is -2.36. The van der Waals surface area contributed by atoms with Gasteiger partial charge in [-0.1, -0.05) is 36.4 Å². The zero-order valence-electron chi connectivity index (χ0n) is 17.7. The van der Waals surface area contributed by atoms with Crippen LogP contribution in [0, 0.1) is 0 Å². The van der Waals surface area contributed by atoms with Crippen LogP contribution in [0.3, 0.4) is 0 Å². The Morgan fingerprint density at radius 3 is 2.56 bits per heavy atom. The van der Waals surface area contributed by atoms with Gasteiger partial charge in [-0.25, -0.2) is 19.6 Å². The van der Waals surface area contributed by atoms with Gasteiger partial charge in [0.25, 0.3) is 5.91 Å². The lowest BCUT2D eigenvalue weighted by Crippen LogP contribution is -2.52. The standard InChI is InChI=1S/C23H23N7O2/c1-17(32-20-8-4-6-18-5-2-3-7-19(18)20)23(31)29-11-9-28(10-12-29)21-13-22(26-15-25-21)30-16-24-14-27-30/h2-8,13-17H,9-12H2,1H3. The van der Waals surface area contributed by atoms with Crippen molar-refractivity contribution in [2.45, 2.75) is 13.0 Å². The Hall–Kier alpha value is -4.01. The molecule has 1 aliphatic heterocycles. The molecular formula is C23H23N7O2. The SMILES string of the molecule is CC(Oc1cccc2ccccc12)C(=O)N1CCN(c2cc(-n3cncn3)ncn2)CC1. The molecule has 162 valence electrons. The van der Waals surface area contributed by atoms with Gasteiger partial charge in [-0.2, -0.15) is 5.10 Å². The fraction of sp³-hybridized carbons (Fsp3) is 0.261. The molecule has 0 spiro atoms. The van der Waals surface area contributed by atoms with Crippen molar-refractivity contribution < 1.29 is 9.53 Å². The number of fused-ring (bicyclic) bond motifs is 1. The second-order valence-electron chi connectivity index (χ2n) is 7.62. The second-order valence-corrected chi connectivity index (χ2v) is 7.62. The molecule has 1 fully saturated rings. The van der Waals surface area contributed by atoms with E-state index in [4.69, 9.17) is 4.74 Å². The molecule has 1 aliphatic rings. The molecule has 32 heavy (non-hydrogen) atoms. The van der Waals surface area contributed by atoms with Gasteiger partial charge >= 0.3 is 0 Å². The lowest BCUT2D eigenvalue weighted by atomic mass is 10.1. The van der Waals surface area contributed by atoms with E-state index in [0.29, 0.717) is 32.0 Å². The van der Waals surface area contributed by atoms with Gasteiger partial charge in [0.1, 0.15) is 30.5 Å². The highest BCUT2D eigenvalue weighted by molar-refractivity contribution is 5.89. The van der Waals surface area contributed by atoms with Gasteiger partial charge in [0.05, 0.1) is 0 Å². The number of anilines is 1. The van der Waals surface area contributed by atoms with Crippen molar-refractivity contribution in [1.29, 1.82) is 0 Å². The predicted molar refractivity (Wildman–Crippen MR) is 120 cm³/mol. The van der Waals surface area contributed by atoms with Crippen molar-refractivity contribution in [3.8, 4) is 11.6 Å². The number of nitrogens with zero attached hydrogens (tertiary/aromatic N) is 7. The summed E-state index contributed by atoms with van der Waals surface area (Å²) in [5.74, 6) is 2.17. The van der Waals surface area contributed by atoms with E-state index in [2.05, 4.69) is 25.0 Å². The molecule has 0 aliphatic carbocycles. The van der Waals surface area contributed by atoms with Gasteiger partial charge in [-0.15, -0.1) is 0 Å². The molecule has 2 aromatic heterocycles. The Bertz CT molecular complexity index is 1210. The Balaban J connectivity index is 1.22. The molecule has 1 atom stereocenters. The van der Waals surface area contributed by atoms with E-state index in [1.165, 1.54) is 12.7 Å². The van der Waals surface area contributed by atoms with Crippen LogP contribution in [0.15, 0.2) is 67.5 Å². The zero-order chi connectivity index (χ0) is 21.9. The molecule has 0 radical (unpaired) electrons. The highest BCUT2D eigenvalue weighted by Gasteiger charge is 2.27. The van der Waals surface area contributed by atoms with Gasteiger partial charge in [0.15, 0.2) is 11.9 Å². The van der Waals surface area contributed by atoms with Crippen LogP contribution >= 0.6 is 0 Å². The third-order valence-corrected chi connectivity index (χ3v) is 5.61. The first kappa shape index (κ1) is 19.9. The molecule has 4 aromatic rings. The van der Waals surface area contributed by atoms with Crippen LogP contribution in [-0.4, -0.2) is 67.8 Å². The summed E-state index contributed by atoms with van der Waals surface area (Å²) >= 11 is 0. The number of piperazine rings is 1. The van der Waals surface area contributed by atoms with E-state index in [0.717, 1.165) is 22.3 Å². The third-order valence-electron chi connectivity index (χ3n) is 5.61. The summed E-state index contributed by atoms with van der Waals surface area (Å²) in [6.07, 6.45) is 4.02. The van der Waals surface area contributed by atoms with Crippen LogP contribution in [0.2, 0.25) is 0 Å². The average Bonchev–Trinajstić information content (AvgIpc) is 3.39. The quantitative estimate of drug-likeness (QED) is 0.481. The van der Waals surface area contributed by atoms with Gasteiger partial charge in [-0.3, -0.25) is 4.79 Å². The minimum Gasteiger partial charge on any atom is -0.480 e. The van der Waals surface area contributed by atoms with Crippen molar-refractivity contribution >= 4 is 22.5 Å². The Labute approximate surface area is 185 Å². The largest absolute Gasteiger partial charge is 0.480 e. The summed E-state index contributed by atoms with van der Waals surface area (Å²) in [7, 11) is 0. The minimum absolute atomic E-state index is 0.0106. The van der Waals surface area contributed by atoms with Crippen LogP contribution in [0.5, 0.6) is 5.75 Å². The summed E-state index contributed by atoms with van der Waals surface area (Å²) in [4.78, 5) is 29.6. The first-order valence-electron chi connectivity index (χ1n) is 10.5. The Morgan fingerprint density at radius 2 is 1.75 bits per heavy atom. The van der Waals surface area contributed by atoms with Crippen molar-refractivity contribution in [2.75, 3.05) is 31.1 Å². The van der Waals surface area contributed by atoms with E-state index in [1.54, 1.807) is 11.0 Å². The zero-order valence-corrected chi connectivity index (χ0v) is 17.7. The third kappa shape index (κ3) is 3.96. The number of amides is 1. The average molecular weight is 429 g/mol. The summed E-state index contributed by atoms with van der Waals surface area (Å²) in [6, 6.07) is 15.8. The molecule has 1 saturated heterocycles. The number of rotatable bonds is 5. The molecule has 1 amide bonds. The Morgan fingerprint density at radius 1 is 0.969 bits per heavy atom. The molecule has 5 rings (SSSR count). The van der Waals surface area contributed by atoms with Crippen molar-refractivity contribution in [2.24, 2.45) is 0 Å². The van der Waals surface area contributed by atoms with Crippen molar-refractivity contribution in [3.05, 3.63) is 67.5 Å². The maximum absolute atomic E-state index is 13.0. The number of ether oxygens (including phenoxy) is 1. The summed E-state index contributed by atoms with van der Waals surface area (Å²) in [6.45, 7) is 4.38. The number of aromatic nitrogens is 5. The summed E-state index contributed by atoms with van der Waals surface area (Å²) < 4.78 is 7.66. The van der Waals surface area contributed by atoms with Crippen LogP contribution in [0.25, 0.3) is 16.6 Å². The molecule has 2 aromatic carbocycles. The van der Waals surface area contributed by atoms with E-state index in [9.17, 15) is 4.79 Å².